The molecule has 0 saturated carbocycles. The van der Waals surface area contributed by atoms with Gasteiger partial charge in [0, 0.05) is 25.4 Å². The van der Waals surface area contributed by atoms with Crippen molar-refractivity contribution in [3.8, 4) is 0 Å². The second-order valence-corrected chi connectivity index (χ2v) is 7.06. The molecular weight excluding hydrogens is 312 g/mol. The Morgan fingerprint density at radius 3 is 2.74 bits per heavy atom. The zero-order valence-corrected chi connectivity index (χ0v) is 14.9. The van der Waals surface area contributed by atoms with Crippen LogP contribution in [0.1, 0.15) is 49.0 Å². The summed E-state index contributed by atoms with van der Waals surface area (Å²) in [6.45, 7) is 7.10. The van der Waals surface area contributed by atoms with Crippen molar-refractivity contribution in [1.82, 2.24) is 20.4 Å². The van der Waals surface area contributed by atoms with Crippen molar-refractivity contribution in [2.75, 3.05) is 6.54 Å². The molecule has 6 nitrogen and oxygen atoms in total. The SMILES string of the molecule is CCCNC(=O)c1cc2c(CNC(=O)CC(C)C)nn(C)c2s1. The molecule has 2 amide bonds. The number of nitrogens with zero attached hydrogens (tertiary/aromatic N) is 2. The molecule has 2 heterocycles. The maximum absolute atomic E-state index is 12.1. The van der Waals surface area contributed by atoms with E-state index < -0.39 is 0 Å². The molecule has 0 aliphatic heterocycles. The van der Waals surface area contributed by atoms with Gasteiger partial charge in [0.1, 0.15) is 4.83 Å². The topological polar surface area (TPSA) is 76.0 Å². The third-order valence-corrected chi connectivity index (χ3v) is 4.59. The lowest BCUT2D eigenvalue weighted by Crippen LogP contribution is -2.24. The number of hydrogen-bond donors (Lipinski definition) is 2. The molecule has 0 spiro atoms. The molecule has 0 saturated heterocycles. The van der Waals surface area contributed by atoms with E-state index in [9.17, 15) is 9.59 Å². The Kier molecular flexibility index (Phi) is 5.76. The monoisotopic (exact) mass is 336 g/mol. The van der Waals surface area contributed by atoms with Gasteiger partial charge in [0.25, 0.3) is 5.91 Å². The number of nitrogens with one attached hydrogen (secondary N) is 2. The minimum Gasteiger partial charge on any atom is -0.351 e. The maximum Gasteiger partial charge on any atom is 0.261 e. The molecular formula is C16H24N4O2S. The first-order valence-corrected chi connectivity index (χ1v) is 8.74. The summed E-state index contributed by atoms with van der Waals surface area (Å²) in [7, 11) is 1.85. The van der Waals surface area contributed by atoms with Gasteiger partial charge in [-0.05, 0) is 18.4 Å². The fourth-order valence-corrected chi connectivity index (χ4v) is 3.31. The van der Waals surface area contributed by atoms with Crippen LogP contribution in [-0.4, -0.2) is 28.1 Å². The molecule has 0 atom stereocenters. The lowest BCUT2D eigenvalue weighted by atomic mass is 10.1. The van der Waals surface area contributed by atoms with Gasteiger partial charge in [0.2, 0.25) is 5.91 Å². The zero-order valence-electron chi connectivity index (χ0n) is 14.1. The highest BCUT2D eigenvalue weighted by Gasteiger charge is 2.17. The Morgan fingerprint density at radius 2 is 2.09 bits per heavy atom. The molecule has 2 aromatic heterocycles. The Morgan fingerprint density at radius 1 is 1.35 bits per heavy atom. The predicted octanol–water partition coefficient (Wildman–Crippen LogP) is 2.44. The number of amides is 2. The quantitative estimate of drug-likeness (QED) is 0.815. The molecule has 2 rings (SSSR count). The molecule has 126 valence electrons. The molecule has 0 aliphatic carbocycles. The molecule has 0 aromatic carbocycles. The second kappa shape index (κ2) is 7.59. The smallest absolute Gasteiger partial charge is 0.261 e. The number of fused-ring (bicyclic) bond motifs is 1. The minimum absolute atomic E-state index is 0.0231. The van der Waals surface area contributed by atoms with Crippen molar-refractivity contribution < 1.29 is 9.59 Å². The average molecular weight is 336 g/mol. The summed E-state index contributed by atoms with van der Waals surface area (Å²) in [5.41, 5.74) is 0.797. The van der Waals surface area contributed by atoms with E-state index in [2.05, 4.69) is 15.7 Å². The van der Waals surface area contributed by atoms with E-state index in [1.165, 1.54) is 11.3 Å². The Labute approximate surface area is 140 Å². The van der Waals surface area contributed by atoms with E-state index in [-0.39, 0.29) is 11.8 Å². The highest BCUT2D eigenvalue weighted by Crippen LogP contribution is 2.28. The average Bonchev–Trinajstić information content (AvgIpc) is 3.03. The highest BCUT2D eigenvalue weighted by molar-refractivity contribution is 7.20. The predicted molar refractivity (Wildman–Crippen MR) is 92.5 cm³/mol. The summed E-state index contributed by atoms with van der Waals surface area (Å²) < 4.78 is 1.76. The van der Waals surface area contributed by atoms with Crippen molar-refractivity contribution in [2.45, 2.75) is 40.2 Å². The number of aryl methyl sites for hydroxylation is 1. The van der Waals surface area contributed by atoms with E-state index >= 15 is 0 Å². The first-order valence-electron chi connectivity index (χ1n) is 7.92. The minimum atomic E-state index is -0.0529. The fraction of sp³-hybridized carbons (Fsp3) is 0.562. The van der Waals surface area contributed by atoms with Crippen LogP contribution in [0.2, 0.25) is 0 Å². The summed E-state index contributed by atoms with van der Waals surface area (Å²) in [5, 5.41) is 11.2. The van der Waals surface area contributed by atoms with E-state index in [4.69, 9.17) is 0 Å². The van der Waals surface area contributed by atoms with Crippen molar-refractivity contribution in [3.63, 3.8) is 0 Å². The van der Waals surface area contributed by atoms with E-state index in [1.54, 1.807) is 4.68 Å². The van der Waals surface area contributed by atoms with Crippen molar-refractivity contribution in [3.05, 3.63) is 16.6 Å². The highest BCUT2D eigenvalue weighted by atomic mass is 32.1. The van der Waals surface area contributed by atoms with Gasteiger partial charge in [0.05, 0.1) is 17.1 Å². The van der Waals surface area contributed by atoms with Gasteiger partial charge in [-0.1, -0.05) is 20.8 Å². The summed E-state index contributed by atoms with van der Waals surface area (Å²) in [5.74, 6) is 0.298. The molecule has 0 bridgehead atoms. The number of carbonyl (C=O) groups is 2. The molecule has 0 unspecified atom stereocenters. The lowest BCUT2D eigenvalue weighted by Gasteiger charge is -2.05. The molecule has 0 radical (unpaired) electrons. The van der Waals surface area contributed by atoms with E-state index in [1.807, 2.05) is 33.9 Å². The van der Waals surface area contributed by atoms with Crippen LogP contribution < -0.4 is 10.6 Å². The standard InChI is InChI=1S/C16H24N4O2S/c1-5-6-17-15(22)13-8-11-12(19-20(4)16(11)23-13)9-18-14(21)7-10(2)3/h8,10H,5-7,9H2,1-4H3,(H,17,22)(H,18,21). The van der Waals surface area contributed by atoms with Crippen LogP contribution in [0.5, 0.6) is 0 Å². The normalized spacial score (nSPS) is 11.2. The maximum atomic E-state index is 12.1. The molecule has 0 fully saturated rings. The fourth-order valence-electron chi connectivity index (χ4n) is 2.30. The van der Waals surface area contributed by atoms with Crippen LogP contribution in [0.4, 0.5) is 0 Å². The molecule has 2 N–H and O–H groups in total. The van der Waals surface area contributed by atoms with Crippen LogP contribution in [0.3, 0.4) is 0 Å². The third-order valence-electron chi connectivity index (χ3n) is 3.39. The van der Waals surface area contributed by atoms with Crippen LogP contribution in [0.15, 0.2) is 6.07 Å². The Hall–Kier alpha value is -1.89. The first-order chi connectivity index (χ1) is 10.9. The van der Waals surface area contributed by atoms with Gasteiger partial charge in [-0.15, -0.1) is 11.3 Å². The van der Waals surface area contributed by atoms with Gasteiger partial charge < -0.3 is 10.6 Å². The van der Waals surface area contributed by atoms with Crippen molar-refractivity contribution in [2.24, 2.45) is 13.0 Å². The van der Waals surface area contributed by atoms with E-state index in [0.29, 0.717) is 30.3 Å². The summed E-state index contributed by atoms with van der Waals surface area (Å²) in [4.78, 5) is 25.5. The van der Waals surface area contributed by atoms with Gasteiger partial charge in [0.15, 0.2) is 0 Å². The number of thiophene rings is 1. The third kappa shape index (κ3) is 4.31. The molecule has 23 heavy (non-hydrogen) atoms. The number of hydrogen-bond acceptors (Lipinski definition) is 4. The van der Waals surface area contributed by atoms with E-state index in [0.717, 1.165) is 22.3 Å². The lowest BCUT2D eigenvalue weighted by molar-refractivity contribution is -0.121. The van der Waals surface area contributed by atoms with Crippen LogP contribution in [0.25, 0.3) is 10.2 Å². The molecule has 2 aromatic rings. The second-order valence-electron chi connectivity index (χ2n) is 6.03. The Balaban J connectivity index is 2.13. The zero-order chi connectivity index (χ0) is 17.0. The number of aromatic nitrogens is 2. The van der Waals surface area contributed by atoms with Gasteiger partial charge in [-0.3, -0.25) is 14.3 Å². The molecule has 7 heteroatoms. The number of rotatable bonds is 7. The van der Waals surface area contributed by atoms with Crippen LogP contribution in [0, 0.1) is 5.92 Å². The van der Waals surface area contributed by atoms with Crippen molar-refractivity contribution in [1.29, 1.82) is 0 Å². The summed E-state index contributed by atoms with van der Waals surface area (Å²) in [6.07, 6.45) is 1.41. The summed E-state index contributed by atoms with van der Waals surface area (Å²) in [6, 6.07) is 1.86. The van der Waals surface area contributed by atoms with Crippen LogP contribution >= 0.6 is 11.3 Å². The first kappa shape index (κ1) is 17.5. The number of carbonyl (C=O) groups excluding carboxylic acids is 2. The van der Waals surface area contributed by atoms with Gasteiger partial charge in [-0.25, -0.2) is 0 Å². The van der Waals surface area contributed by atoms with Crippen LogP contribution in [-0.2, 0) is 18.4 Å². The van der Waals surface area contributed by atoms with Gasteiger partial charge >= 0.3 is 0 Å². The van der Waals surface area contributed by atoms with Gasteiger partial charge in [-0.2, -0.15) is 5.10 Å². The largest absolute Gasteiger partial charge is 0.351 e. The van der Waals surface area contributed by atoms with Crippen molar-refractivity contribution >= 4 is 33.4 Å². The Bertz CT molecular complexity index is 702. The molecule has 0 aliphatic rings. The summed E-state index contributed by atoms with van der Waals surface area (Å²) >= 11 is 1.42.